The van der Waals surface area contributed by atoms with Crippen LogP contribution in [0.15, 0.2) is 151 Å². The lowest BCUT2D eigenvalue weighted by Crippen LogP contribution is -2.53. The molecule has 0 saturated carbocycles. The normalized spacial score (nSPS) is 13.1. The number of methoxy groups -OCH3 is 3. The third kappa shape index (κ3) is 9.62. The van der Waals surface area contributed by atoms with E-state index in [0.29, 0.717) is 12.4 Å². The predicted molar refractivity (Wildman–Crippen MR) is 228 cm³/mol. The number of benzene rings is 5. The molecule has 288 valence electrons. The molecule has 55 heavy (non-hydrogen) atoms. The lowest BCUT2D eigenvalue weighted by atomic mass is 9.85. The van der Waals surface area contributed by atoms with Crippen LogP contribution in [0.3, 0.4) is 0 Å². The Morgan fingerprint density at radius 1 is 0.673 bits per heavy atom. The maximum absolute atomic E-state index is 14.2. The number of hydrogen-bond donors (Lipinski definition) is 2. The summed E-state index contributed by atoms with van der Waals surface area (Å²) in [6.07, 6.45) is 0. The number of carbonyl (C=O) groups is 1. The second-order valence-corrected chi connectivity index (χ2v) is 17.7. The van der Waals surface area contributed by atoms with Gasteiger partial charge in [0.25, 0.3) is 0 Å². The molecule has 0 aliphatic heterocycles. The van der Waals surface area contributed by atoms with Crippen molar-refractivity contribution in [3.63, 3.8) is 0 Å². The fourth-order valence-electron chi connectivity index (χ4n) is 6.63. The Balaban J connectivity index is 1.58. The molecular weight excluding hydrogens is 704 g/mol. The number of rotatable bonds is 16. The first-order chi connectivity index (χ1) is 26.4. The van der Waals surface area contributed by atoms with Gasteiger partial charge in [-0.3, -0.25) is 9.54 Å². The van der Waals surface area contributed by atoms with Crippen LogP contribution in [0.5, 0.6) is 17.2 Å². The van der Waals surface area contributed by atoms with E-state index in [9.17, 15) is 4.79 Å². The smallest absolute Gasteiger partial charge is 0.245 e. The van der Waals surface area contributed by atoms with Crippen LogP contribution in [0.1, 0.15) is 50.9 Å². The summed E-state index contributed by atoms with van der Waals surface area (Å²) in [5.74, 6) is 2.83. The van der Waals surface area contributed by atoms with Crippen molar-refractivity contribution < 1.29 is 19.0 Å². The zero-order chi connectivity index (χ0) is 39.6. The summed E-state index contributed by atoms with van der Waals surface area (Å²) in [5, 5.41) is 10.4. The molecule has 2 N–H and O–H groups in total. The van der Waals surface area contributed by atoms with Gasteiger partial charge in [-0.05, 0) is 96.3 Å². The molecule has 0 aliphatic carbocycles. The number of likely N-dealkylation sites (N-methyl/N-ethyl adjacent to an activating group) is 1. The first-order valence-corrected chi connectivity index (χ1v) is 20.3. The van der Waals surface area contributed by atoms with Gasteiger partial charge in [-0.2, -0.15) is 0 Å². The molecule has 0 radical (unpaired) electrons. The van der Waals surface area contributed by atoms with Crippen LogP contribution in [0.4, 0.5) is 0 Å². The van der Waals surface area contributed by atoms with Gasteiger partial charge in [-0.1, -0.05) is 88.0 Å². The van der Waals surface area contributed by atoms with E-state index >= 15 is 0 Å². The topological polar surface area (TPSA) is 84.4 Å². The number of hydrogen-bond acceptors (Lipinski definition) is 7. The Kier molecular flexibility index (Phi) is 13.5. The molecule has 0 aliphatic rings. The summed E-state index contributed by atoms with van der Waals surface area (Å²) in [6, 6.07) is 44.0. The highest BCUT2D eigenvalue weighted by Crippen LogP contribution is 2.48. The standard InChI is InChI=1S/C46H55N4O4P/c1-33(35-16-12-10-13-17-35)50(6)45(51)44(46(3,4)5)49-34(2)48-43(36-18-14-11-15-19-36)32-47-55(40-26-20-37(52-7)21-27-40,41-28-22-38(53-8)23-29-41)42-30-24-39(54-9)25-31-42/h10-31,33,43-44,48-49H,2,32H2,1,3-9H3/t33?,43-,44-/m0/s1. The molecule has 5 aromatic carbocycles. The Labute approximate surface area is 327 Å². The number of nitrogens with one attached hydrogen (secondary N) is 2. The van der Waals surface area contributed by atoms with Crippen LogP contribution in [0.2, 0.25) is 0 Å². The van der Waals surface area contributed by atoms with Gasteiger partial charge in [0.1, 0.15) is 23.3 Å². The zero-order valence-electron chi connectivity index (χ0n) is 33.3. The summed E-state index contributed by atoms with van der Waals surface area (Å²) in [4.78, 5) is 16.0. The van der Waals surface area contributed by atoms with Crippen LogP contribution in [0.25, 0.3) is 0 Å². The molecule has 9 heteroatoms. The molecule has 0 saturated heterocycles. The number of amides is 1. The predicted octanol–water partition coefficient (Wildman–Crippen LogP) is 8.22. The number of carbonyl (C=O) groups excluding carboxylic acids is 1. The average molecular weight is 759 g/mol. The van der Waals surface area contributed by atoms with Gasteiger partial charge in [0.2, 0.25) is 5.91 Å². The van der Waals surface area contributed by atoms with E-state index in [0.717, 1.165) is 44.3 Å². The van der Waals surface area contributed by atoms with E-state index in [-0.39, 0.29) is 18.0 Å². The maximum Gasteiger partial charge on any atom is 0.245 e. The Hall–Kier alpha value is -5.46. The number of ether oxygens (including phenoxy) is 3. The second-order valence-electron chi connectivity index (χ2n) is 14.6. The lowest BCUT2D eigenvalue weighted by molar-refractivity contribution is -0.136. The van der Waals surface area contributed by atoms with E-state index in [1.807, 2.05) is 84.7 Å². The van der Waals surface area contributed by atoms with Crippen molar-refractivity contribution in [2.75, 3.05) is 34.9 Å². The molecule has 0 fully saturated rings. The first kappa shape index (κ1) is 40.7. The van der Waals surface area contributed by atoms with Gasteiger partial charge in [-0.25, -0.2) is 0 Å². The first-order valence-electron chi connectivity index (χ1n) is 18.5. The molecule has 5 rings (SSSR count). The van der Waals surface area contributed by atoms with Crippen molar-refractivity contribution in [2.45, 2.75) is 45.8 Å². The van der Waals surface area contributed by atoms with Crippen molar-refractivity contribution in [1.29, 1.82) is 0 Å². The van der Waals surface area contributed by atoms with E-state index in [1.165, 1.54) is 0 Å². The van der Waals surface area contributed by atoms with E-state index in [1.54, 1.807) is 21.3 Å². The Bertz CT molecular complexity index is 1920. The minimum atomic E-state index is -2.68. The minimum absolute atomic E-state index is 0.0174. The molecule has 0 aromatic heterocycles. The van der Waals surface area contributed by atoms with Crippen molar-refractivity contribution in [1.82, 2.24) is 15.5 Å². The molecular formula is C46H55N4O4P. The maximum atomic E-state index is 14.2. The monoisotopic (exact) mass is 758 g/mol. The lowest BCUT2D eigenvalue weighted by Gasteiger charge is -2.37. The molecule has 8 nitrogen and oxygen atoms in total. The fourth-order valence-corrected chi connectivity index (χ4v) is 10.2. The van der Waals surface area contributed by atoms with Crippen molar-refractivity contribution in [3.05, 3.63) is 157 Å². The molecule has 0 heterocycles. The van der Waals surface area contributed by atoms with Crippen LogP contribution in [0, 0.1) is 5.41 Å². The summed E-state index contributed by atoms with van der Waals surface area (Å²) in [7, 11) is 4.20. The average Bonchev–Trinajstić information content (AvgIpc) is 3.22. The summed E-state index contributed by atoms with van der Waals surface area (Å²) in [5.41, 5.74) is 1.70. The SMILES string of the molecule is C=C(N[C@@H](CN=P(c1ccc(OC)cc1)(c1ccc(OC)cc1)c1ccc(OC)cc1)c1ccccc1)N[C@@H](C(=O)N(C)C(C)c1ccccc1)C(C)(C)C. The third-order valence-corrected chi connectivity index (χ3v) is 13.7. The van der Waals surface area contributed by atoms with E-state index < -0.39 is 18.5 Å². The largest absolute Gasteiger partial charge is 0.497 e. The molecule has 0 bridgehead atoms. The highest BCUT2D eigenvalue weighted by molar-refractivity contribution is 7.87. The van der Waals surface area contributed by atoms with E-state index in [2.05, 4.69) is 106 Å². The van der Waals surface area contributed by atoms with Gasteiger partial charge in [0.15, 0.2) is 0 Å². The van der Waals surface area contributed by atoms with Gasteiger partial charge in [0, 0.05) is 23.0 Å². The zero-order valence-corrected chi connectivity index (χ0v) is 34.2. The van der Waals surface area contributed by atoms with Crippen molar-refractivity contribution in [2.24, 2.45) is 10.2 Å². The summed E-state index contributed by atoms with van der Waals surface area (Å²) < 4.78 is 22.5. The van der Waals surface area contributed by atoms with Gasteiger partial charge in [-0.15, -0.1) is 0 Å². The summed E-state index contributed by atoms with van der Waals surface area (Å²) >= 11 is 0. The Morgan fingerprint density at radius 3 is 1.45 bits per heavy atom. The summed E-state index contributed by atoms with van der Waals surface area (Å²) in [6.45, 7) is 13.1. The molecule has 1 amide bonds. The molecule has 3 atom stereocenters. The Morgan fingerprint density at radius 2 is 1.07 bits per heavy atom. The van der Waals surface area contributed by atoms with Gasteiger partial charge >= 0.3 is 0 Å². The fraction of sp³-hybridized carbons (Fsp3) is 0.283. The molecule has 1 unspecified atom stereocenters. The van der Waals surface area contributed by atoms with Crippen LogP contribution in [-0.2, 0) is 4.79 Å². The highest BCUT2D eigenvalue weighted by atomic mass is 31.2. The highest BCUT2D eigenvalue weighted by Gasteiger charge is 2.36. The third-order valence-electron chi connectivity index (χ3n) is 10.0. The van der Waals surface area contributed by atoms with Crippen LogP contribution in [-0.4, -0.2) is 51.8 Å². The van der Waals surface area contributed by atoms with Crippen LogP contribution >= 0.6 is 7.05 Å². The van der Waals surface area contributed by atoms with Gasteiger partial charge in [0.05, 0.1) is 52.8 Å². The van der Waals surface area contributed by atoms with Gasteiger partial charge < -0.3 is 29.7 Å². The van der Waals surface area contributed by atoms with Crippen molar-refractivity contribution >= 4 is 28.9 Å². The van der Waals surface area contributed by atoms with Crippen LogP contribution < -0.4 is 40.8 Å². The van der Waals surface area contributed by atoms with E-state index in [4.69, 9.17) is 19.0 Å². The molecule has 0 spiro atoms. The second kappa shape index (κ2) is 18.2. The quantitative estimate of drug-likeness (QED) is 0.0988. The minimum Gasteiger partial charge on any atom is -0.497 e. The van der Waals surface area contributed by atoms with Crippen molar-refractivity contribution in [3.8, 4) is 17.2 Å². The molecule has 5 aromatic rings. The number of nitrogens with zero attached hydrogens (tertiary/aromatic N) is 2.